The van der Waals surface area contributed by atoms with E-state index >= 15 is 0 Å². The number of carbonyl (C=O) groups excluding carboxylic acids is 1. The van der Waals surface area contributed by atoms with Gasteiger partial charge < -0.3 is 0 Å². The first-order valence-electron chi connectivity index (χ1n) is 4.77. The molecule has 12 heavy (non-hydrogen) atoms. The van der Waals surface area contributed by atoms with Crippen molar-refractivity contribution in [3.8, 4) is 0 Å². The maximum absolute atomic E-state index is 11.7. The molecular weight excluding hydrogens is 148 g/mol. The predicted molar refractivity (Wildman–Crippen MR) is 50.9 cm³/mol. The summed E-state index contributed by atoms with van der Waals surface area (Å²) in [7, 11) is 0. The van der Waals surface area contributed by atoms with Crippen LogP contribution in [0.25, 0.3) is 0 Å². The van der Waals surface area contributed by atoms with Gasteiger partial charge in [0.05, 0.1) is 0 Å². The second-order valence-corrected chi connectivity index (χ2v) is 4.22. The lowest BCUT2D eigenvalue weighted by Gasteiger charge is -2.29. The van der Waals surface area contributed by atoms with Gasteiger partial charge in [0.15, 0.2) is 5.78 Å². The third-order valence-corrected chi connectivity index (χ3v) is 2.96. The van der Waals surface area contributed by atoms with Crippen LogP contribution in [-0.4, -0.2) is 5.78 Å². The van der Waals surface area contributed by atoms with E-state index in [2.05, 4.69) is 27.4 Å². The lowest BCUT2D eigenvalue weighted by molar-refractivity contribution is -0.122. The average molecular weight is 166 g/mol. The molecule has 2 atom stereocenters. The van der Waals surface area contributed by atoms with Crippen molar-refractivity contribution in [2.45, 2.75) is 33.6 Å². The molecule has 1 aliphatic carbocycles. The Morgan fingerprint density at radius 2 is 2.00 bits per heavy atom. The summed E-state index contributed by atoms with van der Waals surface area (Å²) in [6.07, 6.45) is 2.18. The normalized spacial score (nSPS) is 31.3. The van der Waals surface area contributed by atoms with Gasteiger partial charge in [-0.05, 0) is 30.3 Å². The van der Waals surface area contributed by atoms with Crippen LogP contribution in [0.4, 0.5) is 0 Å². The quantitative estimate of drug-likeness (QED) is 0.547. The lowest BCUT2D eigenvalue weighted by atomic mass is 9.74. The summed E-state index contributed by atoms with van der Waals surface area (Å²) in [6.45, 7) is 10.2. The van der Waals surface area contributed by atoms with Crippen molar-refractivity contribution in [3.05, 3.63) is 12.2 Å². The molecule has 0 spiro atoms. The van der Waals surface area contributed by atoms with Gasteiger partial charge in [0.1, 0.15) is 0 Å². The average Bonchev–Trinajstić information content (AvgIpc) is 2.00. The summed E-state index contributed by atoms with van der Waals surface area (Å²) in [5, 5.41) is 0. The monoisotopic (exact) mass is 166 g/mol. The van der Waals surface area contributed by atoms with Crippen molar-refractivity contribution >= 4 is 5.78 Å². The number of allylic oxidation sites excluding steroid dienone is 1. The molecule has 68 valence electrons. The minimum atomic E-state index is 0.244. The fraction of sp³-hybridized carbons (Fsp3) is 0.727. The van der Waals surface area contributed by atoms with Crippen LogP contribution in [0.3, 0.4) is 0 Å². The predicted octanol–water partition coefficient (Wildman–Crippen LogP) is 2.81. The minimum absolute atomic E-state index is 0.244. The molecule has 0 amide bonds. The molecule has 1 rings (SSSR count). The Hall–Kier alpha value is -0.590. The molecule has 0 heterocycles. The largest absolute Gasteiger partial charge is 0.294 e. The summed E-state index contributed by atoms with van der Waals surface area (Å²) in [5.41, 5.74) is 0.847. The standard InChI is InChI=1S/C11H18O/c1-7(2)10-6-5-8(3)9(4)11(10)12/h7-8,10H,4-6H2,1-3H3/t8-,10+/m1/s1. The maximum Gasteiger partial charge on any atom is 0.161 e. The molecule has 0 bridgehead atoms. The second-order valence-electron chi connectivity index (χ2n) is 4.22. The lowest BCUT2D eigenvalue weighted by Crippen LogP contribution is -2.29. The van der Waals surface area contributed by atoms with Crippen molar-refractivity contribution in [2.75, 3.05) is 0 Å². The van der Waals surface area contributed by atoms with E-state index in [0.29, 0.717) is 17.6 Å². The van der Waals surface area contributed by atoms with Crippen LogP contribution in [-0.2, 0) is 4.79 Å². The number of hydrogen-bond donors (Lipinski definition) is 0. The van der Waals surface area contributed by atoms with E-state index in [1.54, 1.807) is 0 Å². The summed E-state index contributed by atoms with van der Waals surface area (Å²) in [6, 6.07) is 0. The fourth-order valence-electron chi connectivity index (χ4n) is 1.85. The van der Waals surface area contributed by atoms with E-state index in [4.69, 9.17) is 0 Å². The number of carbonyl (C=O) groups is 1. The molecule has 1 aliphatic rings. The highest BCUT2D eigenvalue weighted by atomic mass is 16.1. The highest BCUT2D eigenvalue weighted by Gasteiger charge is 2.31. The van der Waals surface area contributed by atoms with Crippen LogP contribution in [0.2, 0.25) is 0 Å². The molecule has 1 heteroatoms. The molecule has 1 fully saturated rings. The number of ketones is 1. The fourth-order valence-corrected chi connectivity index (χ4v) is 1.85. The highest BCUT2D eigenvalue weighted by Crippen LogP contribution is 2.32. The van der Waals surface area contributed by atoms with Gasteiger partial charge in [-0.25, -0.2) is 0 Å². The Balaban J connectivity index is 2.72. The van der Waals surface area contributed by atoms with Crippen LogP contribution >= 0.6 is 0 Å². The number of Topliss-reactive ketones (excluding diaryl/α,β-unsaturated/α-hetero) is 1. The van der Waals surface area contributed by atoms with E-state index in [-0.39, 0.29) is 5.92 Å². The highest BCUT2D eigenvalue weighted by molar-refractivity contribution is 5.97. The Morgan fingerprint density at radius 3 is 2.50 bits per heavy atom. The van der Waals surface area contributed by atoms with Crippen LogP contribution in [0.15, 0.2) is 12.2 Å². The molecule has 0 unspecified atom stereocenters. The Morgan fingerprint density at radius 1 is 1.42 bits per heavy atom. The molecule has 1 nitrogen and oxygen atoms in total. The van der Waals surface area contributed by atoms with Crippen molar-refractivity contribution in [3.63, 3.8) is 0 Å². The van der Waals surface area contributed by atoms with Crippen LogP contribution in [0.5, 0.6) is 0 Å². The van der Waals surface area contributed by atoms with Gasteiger partial charge in [0.25, 0.3) is 0 Å². The molecular formula is C11H18O. The number of hydrogen-bond acceptors (Lipinski definition) is 1. The molecule has 0 N–H and O–H groups in total. The van der Waals surface area contributed by atoms with E-state index in [0.717, 1.165) is 18.4 Å². The maximum atomic E-state index is 11.7. The first-order chi connectivity index (χ1) is 5.54. The van der Waals surface area contributed by atoms with E-state index in [1.165, 1.54) is 0 Å². The minimum Gasteiger partial charge on any atom is -0.294 e. The Kier molecular flexibility index (Phi) is 2.71. The zero-order chi connectivity index (χ0) is 9.30. The summed E-state index contributed by atoms with van der Waals surface area (Å²) < 4.78 is 0. The summed E-state index contributed by atoms with van der Waals surface area (Å²) in [4.78, 5) is 11.7. The molecule has 0 aromatic rings. The van der Waals surface area contributed by atoms with Crippen LogP contribution < -0.4 is 0 Å². The van der Waals surface area contributed by atoms with Crippen molar-refractivity contribution in [2.24, 2.45) is 17.8 Å². The van der Waals surface area contributed by atoms with Gasteiger partial charge in [-0.2, -0.15) is 0 Å². The van der Waals surface area contributed by atoms with Crippen molar-refractivity contribution in [1.82, 2.24) is 0 Å². The molecule has 0 radical (unpaired) electrons. The third kappa shape index (κ3) is 1.60. The number of rotatable bonds is 1. The topological polar surface area (TPSA) is 17.1 Å². The third-order valence-electron chi connectivity index (χ3n) is 2.96. The van der Waals surface area contributed by atoms with Crippen molar-refractivity contribution < 1.29 is 4.79 Å². The van der Waals surface area contributed by atoms with E-state index in [9.17, 15) is 4.79 Å². The van der Waals surface area contributed by atoms with Gasteiger partial charge >= 0.3 is 0 Å². The zero-order valence-electron chi connectivity index (χ0n) is 8.26. The summed E-state index contributed by atoms with van der Waals surface area (Å²) in [5.74, 6) is 1.44. The first-order valence-corrected chi connectivity index (χ1v) is 4.77. The van der Waals surface area contributed by atoms with Crippen LogP contribution in [0.1, 0.15) is 33.6 Å². The molecule has 0 aliphatic heterocycles. The van der Waals surface area contributed by atoms with E-state index in [1.807, 2.05) is 0 Å². The Bertz CT molecular complexity index is 203. The van der Waals surface area contributed by atoms with Crippen LogP contribution in [0, 0.1) is 17.8 Å². The zero-order valence-corrected chi connectivity index (χ0v) is 8.26. The van der Waals surface area contributed by atoms with Gasteiger partial charge in [0, 0.05) is 5.92 Å². The van der Waals surface area contributed by atoms with Gasteiger partial charge in [-0.1, -0.05) is 27.4 Å². The first kappa shape index (κ1) is 9.50. The van der Waals surface area contributed by atoms with Gasteiger partial charge in [-0.3, -0.25) is 4.79 Å². The molecule has 0 saturated heterocycles. The Labute approximate surface area is 74.9 Å². The van der Waals surface area contributed by atoms with E-state index < -0.39 is 0 Å². The molecule has 0 aromatic heterocycles. The summed E-state index contributed by atoms with van der Waals surface area (Å²) >= 11 is 0. The van der Waals surface area contributed by atoms with Crippen molar-refractivity contribution in [1.29, 1.82) is 0 Å². The molecule has 0 aromatic carbocycles. The second kappa shape index (κ2) is 3.42. The SMILES string of the molecule is C=C1C(=O)[C@H](C(C)C)CC[C@H]1C. The van der Waals surface area contributed by atoms with Gasteiger partial charge in [-0.15, -0.1) is 0 Å². The smallest absolute Gasteiger partial charge is 0.161 e. The van der Waals surface area contributed by atoms with Gasteiger partial charge in [0.2, 0.25) is 0 Å². The molecule has 1 saturated carbocycles.